The summed E-state index contributed by atoms with van der Waals surface area (Å²) in [5.41, 5.74) is -3.33. The molecule has 2 aromatic rings. The minimum atomic E-state index is -2.98. The summed E-state index contributed by atoms with van der Waals surface area (Å²) in [6.07, 6.45) is -0.588. The zero-order valence-corrected chi connectivity index (χ0v) is 12.8. The molecule has 2 heterocycles. The Morgan fingerprint density at radius 2 is 1.91 bits per heavy atom. The van der Waals surface area contributed by atoms with E-state index in [2.05, 4.69) is 4.98 Å². The van der Waals surface area contributed by atoms with Crippen LogP contribution in [0.25, 0.3) is 5.69 Å². The molecule has 0 spiro atoms. The summed E-state index contributed by atoms with van der Waals surface area (Å²) >= 11 is 0. The van der Waals surface area contributed by atoms with Crippen molar-refractivity contribution in [1.82, 2.24) is 9.55 Å². The Kier molecular flexibility index (Phi) is 1.56. The summed E-state index contributed by atoms with van der Waals surface area (Å²) in [6, 6.07) is -3.26. The molecule has 0 radical (unpaired) electrons. The Morgan fingerprint density at radius 1 is 1.18 bits per heavy atom. The third-order valence-corrected chi connectivity index (χ3v) is 3.98. The summed E-state index contributed by atoms with van der Waals surface area (Å²) in [6.45, 7) is 1.10. The topological polar surface area (TPSA) is 36.3 Å². The molecule has 0 atom stereocenters. The monoisotopic (exact) mass is 309 g/mol. The highest BCUT2D eigenvalue weighted by Crippen LogP contribution is 2.36. The zero-order chi connectivity index (χ0) is 25.5. The van der Waals surface area contributed by atoms with E-state index in [9.17, 15) is 0 Å². The van der Waals surface area contributed by atoms with Gasteiger partial charge < -0.3 is 13.9 Å². The molecule has 1 aliphatic heterocycles. The lowest BCUT2D eigenvalue weighted by Crippen LogP contribution is -2.41. The normalized spacial score (nSPS) is 28.0. The van der Waals surface area contributed by atoms with E-state index in [-0.39, 0.29) is 5.59 Å². The van der Waals surface area contributed by atoms with E-state index in [1.165, 1.54) is 0 Å². The Balaban J connectivity index is 2.38. The van der Waals surface area contributed by atoms with Gasteiger partial charge in [-0.25, -0.2) is 4.98 Å². The maximum atomic E-state index is 8.63. The molecule has 1 aliphatic rings. The zero-order valence-electron chi connectivity index (χ0n) is 23.8. The fourth-order valence-electron chi connectivity index (χ4n) is 2.02. The molecule has 4 nitrogen and oxygen atoms in total. The van der Waals surface area contributed by atoms with E-state index in [0.29, 0.717) is 4.57 Å². The van der Waals surface area contributed by atoms with Crippen LogP contribution in [0.4, 0.5) is 0 Å². The predicted molar refractivity (Wildman–Crippen MR) is 88.8 cm³/mol. The molecule has 0 bridgehead atoms. The van der Waals surface area contributed by atoms with Crippen LogP contribution >= 0.6 is 0 Å². The molecule has 0 N–H and O–H groups in total. The van der Waals surface area contributed by atoms with Crippen LogP contribution in [-0.2, 0) is 9.31 Å². The molecule has 116 valence electrons. The first-order valence-electron chi connectivity index (χ1n) is 12.3. The number of benzene rings is 1. The molecule has 0 unspecified atom stereocenters. The lowest BCUT2D eigenvalue weighted by Gasteiger charge is -2.32. The van der Waals surface area contributed by atoms with Crippen molar-refractivity contribution in [3.05, 3.63) is 41.7 Å². The van der Waals surface area contributed by atoms with Gasteiger partial charge in [-0.15, -0.1) is 0 Å². The number of hydrogen-bond acceptors (Lipinski definition) is 3. The van der Waals surface area contributed by atoms with Crippen molar-refractivity contribution in [1.29, 1.82) is 0 Å². The fraction of sp³-hybridized carbons (Fsp3) is 0.471. The maximum absolute atomic E-state index is 8.63. The molecular formula is C17H23BN2O2. The molecule has 5 heteroatoms. The van der Waals surface area contributed by atoms with E-state index < -0.39 is 79.4 Å². The standard InChI is InChI=1S/C17H23BN2O2/c1-12-8-7-9-14(10-12)20-11-15(19-13(20)2)18-21-16(3,4)17(5,6)22-18/h7-11H,1-6H3/i1D3,2D3,7D,8D,9D,10D,11D. The van der Waals surface area contributed by atoms with Crippen LogP contribution in [0.5, 0.6) is 0 Å². The number of nitrogens with zero attached hydrogens (tertiary/aromatic N) is 2. The average molecular weight is 309 g/mol. The van der Waals surface area contributed by atoms with Crippen molar-refractivity contribution in [2.24, 2.45) is 0 Å². The van der Waals surface area contributed by atoms with E-state index in [1.54, 1.807) is 27.7 Å². The minimum Gasteiger partial charge on any atom is -0.398 e. The van der Waals surface area contributed by atoms with Crippen LogP contribution in [0.3, 0.4) is 0 Å². The summed E-state index contributed by atoms with van der Waals surface area (Å²) in [4.78, 5) is 4.04. The third kappa shape index (κ3) is 2.48. The first kappa shape index (κ1) is 6.89. The van der Waals surface area contributed by atoms with Gasteiger partial charge >= 0.3 is 7.12 Å². The lowest BCUT2D eigenvalue weighted by atomic mass is 9.86. The number of rotatable bonds is 2. The van der Waals surface area contributed by atoms with Crippen molar-refractivity contribution in [3.63, 3.8) is 0 Å². The van der Waals surface area contributed by atoms with Gasteiger partial charge in [0.15, 0.2) is 0 Å². The molecule has 1 saturated heterocycles. The molecule has 1 fully saturated rings. The van der Waals surface area contributed by atoms with Crippen molar-refractivity contribution in [3.8, 4) is 5.69 Å². The summed E-state index contributed by atoms with van der Waals surface area (Å²) in [5.74, 6) is -0.715. The van der Waals surface area contributed by atoms with Crippen LogP contribution in [0, 0.1) is 13.7 Å². The van der Waals surface area contributed by atoms with Crippen LogP contribution in [-0.4, -0.2) is 27.9 Å². The van der Waals surface area contributed by atoms with Gasteiger partial charge in [0.25, 0.3) is 0 Å². The quantitative estimate of drug-likeness (QED) is 0.800. The number of aromatic nitrogens is 2. The van der Waals surface area contributed by atoms with Gasteiger partial charge in [0.05, 0.1) is 23.6 Å². The first-order chi connectivity index (χ1) is 14.7. The van der Waals surface area contributed by atoms with E-state index >= 15 is 0 Å². The van der Waals surface area contributed by atoms with Gasteiger partial charge in [0, 0.05) is 20.1 Å². The van der Waals surface area contributed by atoms with Crippen LogP contribution in [0.15, 0.2) is 30.3 Å². The maximum Gasteiger partial charge on any atom is 0.516 e. The molecule has 22 heavy (non-hydrogen) atoms. The Hall–Kier alpha value is -1.59. The lowest BCUT2D eigenvalue weighted by molar-refractivity contribution is 0.00578. The molecule has 0 amide bonds. The molecule has 0 saturated carbocycles. The van der Waals surface area contributed by atoms with Gasteiger partial charge in [-0.2, -0.15) is 0 Å². The highest BCUT2D eigenvalue weighted by Gasteiger charge is 2.52. The number of imidazole rings is 1. The first-order valence-corrected chi connectivity index (χ1v) is 6.79. The third-order valence-electron chi connectivity index (χ3n) is 3.98. The van der Waals surface area contributed by atoms with E-state index in [0.717, 1.165) is 0 Å². The van der Waals surface area contributed by atoms with Crippen LogP contribution in [0.1, 0.15) is 54.2 Å². The fourth-order valence-corrected chi connectivity index (χ4v) is 2.02. The second-order valence-electron chi connectivity index (χ2n) is 6.08. The van der Waals surface area contributed by atoms with Crippen molar-refractivity contribution >= 4 is 12.7 Å². The average Bonchev–Trinajstić information content (AvgIpc) is 3.05. The van der Waals surface area contributed by atoms with E-state index in [1.807, 2.05) is 0 Å². The largest absolute Gasteiger partial charge is 0.516 e. The van der Waals surface area contributed by atoms with Gasteiger partial charge in [0.2, 0.25) is 0 Å². The SMILES string of the molecule is [2H]c1c([2H])c(-n2c(C([2H])([2H])[2H])nc(B3OC(C)(C)C(C)(C)O3)c2[2H])c([2H])c(C([2H])([2H])[2H])c1[2H]. The highest BCUT2D eigenvalue weighted by molar-refractivity contribution is 6.61. The van der Waals surface area contributed by atoms with E-state index in [4.69, 9.17) is 24.4 Å². The predicted octanol–water partition coefficient (Wildman–Crippen LogP) is 2.79. The Labute approximate surface area is 148 Å². The molecule has 1 aromatic carbocycles. The van der Waals surface area contributed by atoms with Gasteiger partial charge in [0.1, 0.15) is 5.82 Å². The Bertz CT molecular complexity index is 1110. The highest BCUT2D eigenvalue weighted by atomic mass is 16.7. The molecular weight excluding hydrogens is 275 g/mol. The molecule has 1 aromatic heterocycles. The number of aryl methyl sites for hydroxylation is 1. The van der Waals surface area contributed by atoms with Crippen LogP contribution in [0.2, 0.25) is 0 Å². The summed E-state index contributed by atoms with van der Waals surface area (Å²) < 4.78 is 100. The molecule has 0 aliphatic carbocycles. The second kappa shape index (κ2) is 4.96. The molecule has 3 rings (SSSR count). The van der Waals surface area contributed by atoms with Crippen molar-refractivity contribution in [2.75, 3.05) is 0 Å². The van der Waals surface area contributed by atoms with Crippen molar-refractivity contribution < 1.29 is 24.4 Å². The number of hydrogen-bond donors (Lipinski definition) is 0. The summed E-state index contributed by atoms with van der Waals surface area (Å²) in [5, 5.41) is 0. The Morgan fingerprint density at radius 3 is 2.55 bits per heavy atom. The summed E-state index contributed by atoms with van der Waals surface area (Å²) in [7, 11) is -1.23. The van der Waals surface area contributed by atoms with Gasteiger partial charge in [-0.3, -0.25) is 0 Å². The van der Waals surface area contributed by atoms with Crippen LogP contribution < -0.4 is 5.59 Å². The van der Waals surface area contributed by atoms with Crippen molar-refractivity contribution in [2.45, 2.75) is 52.6 Å². The smallest absolute Gasteiger partial charge is 0.398 e. The minimum absolute atomic E-state index is 0.226. The second-order valence-corrected chi connectivity index (χ2v) is 6.08. The van der Waals surface area contributed by atoms with Gasteiger partial charge in [-0.05, 0) is 59.0 Å². The van der Waals surface area contributed by atoms with Gasteiger partial charge in [-0.1, -0.05) is 12.1 Å².